The zero-order valence-corrected chi connectivity index (χ0v) is 7.75. The first kappa shape index (κ1) is 9.26. The van der Waals surface area contributed by atoms with Crippen LogP contribution in [-0.2, 0) is 0 Å². The predicted molar refractivity (Wildman–Crippen MR) is 55.2 cm³/mol. The minimum atomic E-state index is -0.0481. The second kappa shape index (κ2) is 3.45. The largest absolute Gasteiger partial charge is 0.507 e. The Morgan fingerprint density at radius 2 is 1.73 bits per heavy atom. The highest BCUT2D eigenvalue weighted by atomic mass is 16.3. The Hall–Kier alpha value is -2.30. The van der Waals surface area contributed by atoms with E-state index in [1.54, 1.807) is 12.1 Å². The molecule has 15 heavy (non-hydrogen) atoms. The van der Waals surface area contributed by atoms with Crippen molar-refractivity contribution >= 4 is 5.95 Å². The summed E-state index contributed by atoms with van der Waals surface area (Å²) in [7, 11) is 0. The zero-order chi connectivity index (χ0) is 10.8. The van der Waals surface area contributed by atoms with Crippen LogP contribution in [0.4, 0.5) is 5.95 Å². The number of nitrogens with zero attached hydrogens (tertiary/aromatic N) is 2. The Kier molecular flexibility index (Phi) is 2.13. The summed E-state index contributed by atoms with van der Waals surface area (Å²) in [6.45, 7) is 0. The molecule has 4 N–H and O–H groups in total. The van der Waals surface area contributed by atoms with Crippen molar-refractivity contribution in [3.63, 3.8) is 0 Å². The van der Waals surface area contributed by atoms with Gasteiger partial charge in [0.05, 0.1) is 11.3 Å². The van der Waals surface area contributed by atoms with Crippen molar-refractivity contribution in [3.05, 3.63) is 30.5 Å². The van der Waals surface area contributed by atoms with E-state index < -0.39 is 0 Å². The molecule has 0 aliphatic carbocycles. The number of aromatic nitrogens is 2. The van der Waals surface area contributed by atoms with Gasteiger partial charge in [-0.05, 0) is 18.2 Å². The average molecular weight is 203 g/mol. The fourth-order valence-electron chi connectivity index (χ4n) is 1.30. The standard InChI is InChI=1S/C10H9N3O2/c11-10-12-5-4-6(13-10)9-7(14)2-1-3-8(9)15/h1-5,14-15H,(H2,11,12,13). The Labute approximate surface area is 85.9 Å². The second-order valence-corrected chi connectivity index (χ2v) is 2.97. The molecule has 5 heteroatoms. The number of nitrogens with two attached hydrogens (primary N) is 1. The highest BCUT2D eigenvalue weighted by molar-refractivity contribution is 5.73. The van der Waals surface area contributed by atoms with Crippen LogP contribution in [0.25, 0.3) is 11.3 Å². The van der Waals surface area contributed by atoms with E-state index in [9.17, 15) is 10.2 Å². The Balaban J connectivity index is 2.63. The first-order valence-corrected chi connectivity index (χ1v) is 4.28. The minimum absolute atomic E-state index is 0.0481. The molecule has 76 valence electrons. The molecule has 0 bridgehead atoms. The van der Waals surface area contributed by atoms with E-state index in [1.165, 1.54) is 18.3 Å². The van der Waals surface area contributed by atoms with E-state index in [1.807, 2.05) is 0 Å². The molecule has 0 aliphatic rings. The fraction of sp³-hybridized carbons (Fsp3) is 0. The lowest BCUT2D eigenvalue weighted by Gasteiger charge is -2.05. The molecule has 0 spiro atoms. The maximum Gasteiger partial charge on any atom is 0.220 e. The summed E-state index contributed by atoms with van der Waals surface area (Å²) in [5.41, 5.74) is 6.05. The summed E-state index contributed by atoms with van der Waals surface area (Å²) in [5, 5.41) is 19.1. The van der Waals surface area contributed by atoms with Crippen molar-refractivity contribution in [2.24, 2.45) is 0 Å². The van der Waals surface area contributed by atoms with E-state index >= 15 is 0 Å². The van der Waals surface area contributed by atoms with Gasteiger partial charge in [0.15, 0.2) is 0 Å². The Morgan fingerprint density at radius 3 is 2.33 bits per heavy atom. The van der Waals surface area contributed by atoms with Gasteiger partial charge in [0, 0.05) is 6.20 Å². The van der Waals surface area contributed by atoms with Crippen LogP contribution in [0.2, 0.25) is 0 Å². The summed E-state index contributed by atoms with van der Waals surface area (Å²) >= 11 is 0. The van der Waals surface area contributed by atoms with Crippen molar-refractivity contribution in [2.75, 3.05) is 5.73 Å². The highest BCUT2D eigenvalue weighted by Gasteiger charge is 2.10. The van der Waals surface area contributed by atoms with E-state index in [0.717, 1.165) is 0 Å². The lowest BCUT2D eigenvalue weighted by atomic mass is 10.1. The monoisotopic (exact) mass is 203 g/mol. The first-order chi connectivity index (χ1) is 7.18. The lowest BCUT2D eigenvalue weighted by molar-refractivity contribution is 0.454. The zero-order valence-electron chi connectivity index (χ0n) is 7.75. The number of hydrogen-bond acceptors (Lipinski definition) is 5. The van der Waals surface area contributed by atoms with E-state index in [0.29, 0.717) is 5.69 Å². The molecule has 5 nitrogen and oxygen atoms in total. The summed E-state index contributed by atoms with van der Waals surface area (Å²) < 4.78 is 0. The maximum atomic E-state index is 9.57. The van der Waals surface area contributed by atoms with Crippen LogP contribution in [0.15, 0.2) is 30.5 Å². The number of anilines is 1. The van der Waals surface area contributed by atoms with Gasteiger partial charge in [-0.25, -0.2) is 9.97 Å². The maximum absolute atomic E-state index is 9.57. The number of phenols is 2. The molecule has 1 heterocycles. The van der Waals surface area contributed by atoms with Crippen molar-refractivity contribution in [1.82, 2.24) is 9.97 Å². The van der Waals surface area contributed by atoms with Crippen LogP contribution in [0, 0.1) is 0 Å². The number of aromatic hydroxyl groups is 2. The fourth-order valence-corrected chi connectivity index (χ4v) is 1.30. The number of benzene rings is 1. The average Bonchev–Trinajstić information content (AvgIpc) is 2.17. The van der Waals surface area contributed by atoms with Gasteiger partial charge in [-0.2, -0.15) is 0 Å². The summed E-state index contributed by atoms with van der Waals surface area (Å²) in [6, 6.07) is 6.03. The highest BCUT2D eigenvalue weighted by Crippen LogP contribution is 2.35. The number of phenolic OH excluding ortho intramolecular Hbond substituents is 2. The van der Waals surface area contributed by atoms with Crippen molar-refractivity contribution in [2.45, 2.75) is 0 Å². The molecule has 0 aliphatic heterocycles. The molecule has 1 aromatic carbocycles. The Bertz CT molecular complexity index is 480. The number of rotatable bonds is 1. The molecular formula is C10H9N3O2. The van der Waals surface area contributed by atoms with Gasteiger partial charge in [-0.15, -0.1) is 0 Å². The third kappa shape index (κ3) is 1.67. The molecule has 2 aromatic rings. The molecule has 0 fully saturated rings. The molecule has 0 amide bonds. The van der Waals surface area contributed by atoms with Gasteiger partial charge in [0.25, 0.3) is 0 Å². The van der Waals surface area contributed by atoms with E-state index in [-0.39, 0.29) is 23.0 Å². The molecular weight excluding hydrogens is 194 g/mol. The van der Waals surface area contributed by atoms with Crippen LogP contribution in [0.5, 0.6) is 11.5 Å². The van der Waals surface area contributed by atoms with Crippen molar-refractivity contribution in [1.29, 1.82) is 0 Å². The van der Waals surface area contributed by atoms with E-state index in [2.05, 4.69) is 9.97 Å². The topological polar surface area (TPSA) is 92.3 Å². The molecule has 0 radical (unpaired) electrons. The Morgan fingerprint density at radius 1 is 1.07 bits per heavy atom. The van der Waals surface area contributed by atoms with Crippen LogP contribution in [-0.4, -0.2) is 20.2 Å². The molecule has 1 aromatic heterocycles. The molecule has 2 rings (SSSR count). The first-order valence-electron chi connectivity index (χ1n) is 4.28. The van der Waals surface area contributed by atoms with Gasteiger partial charge in [-0.1, -0.05) is 6.07 Å². The quantitative estimate of drug-likeness (QED) is 0.646. The van der Waals surface area contributed by atoms with Gasteiger partial charge >= 0.3 is 0 Å². The molecule has 0 unspecified atom stereocenters. The van der Waals surface area contributed by atoms with Crippen LogP contribution in [0.1, 0.15) is 0 Å². The normalized spacial score (nSPS) is 10.1. The van der Waals surface area contributed by atoms with Gasteiger partial charge in [0.1, 0.15) is 11.5 Å². The van der Waals surface area contributed by atoms with Gasteiger partial charge in [-0.3, -0.25) is 0 Å². The third-order valence-electron chi connectivity index (χ3n) is 1.95. The smallest absolute Gasteiger partial charge is 0.220 e. The summed E-state index contributed by atoms with van der Waals surface area (Å²) in [4.78, 5) is 7.64. The number of hydrogen-bond donors (Lipinski definition) is 3. The molecule has 0 saturated carbocycles. The molecule has 0 saturated heterocycles. The van der Waals surface area contributed by atoms with E-state index in [4.69, 9.17) is 5.73 Å². The third-order valence-corrected chi connectivity index (χ3v) is 1.95. The minimum Gasteiger partial charge on any atom is -0.507 e. The van der Waals surface area contributed by atoms with Crippen molar-refractivity contribution in [3.8, 4) is 22.8 Å². The molecule has 0 atom stereocenters. The lowest BCUT2D eigenvalue weighted by Crippen LogP contribution is -1.95. The second-order valence-electron chi connectivity index (χ2n) is 2.97. The SMILES string of the molecule is Nc1nccc(-c2c(O)cccc2O)n1. The summed E-state index contributed by atoms with van der Waals surface area (Å²) in [5.74, 6) is -0.00338. The van der Waals surface area contributed by atoms with Gasteiger partial charge in [0.2, 0.25) is 5.95 Å². The number of nitrogen functional groups attached to an aromatic ring is 1. The van der Waals surface area contributed by atoms with Crippen LogP contribution < -0.4 is 5.73 Å². The summed E-state index contributed by atoms with van der Waals surface area (Å²) in [6.07, 6.45) is 1.46. The van der Waals surface area contributed by atoms with Crippen LogP contribution in [0.3, 0.4) is 0 Å². The van der Waals surface area contributed by atoms with Gasteiger partial charge < -0.3 is 15.9 Å². The predicted octanol–water partition coefficient (Wildman–Crippen LogP) is 1.14. The van der Waals surface area contributed by atoms with Crippen LogP contribution >= 0.6 is 0 Å². The van der Waals surface area contributed by atoms with Crippen molar-refractivity contribution < 1.29 is 10.2 Å².